The molecule has 0 aliphatic rings. The first-order valence-electron chi connectivity index (χ1n) is 5.77. The molecule has 2 aromatic rings. The van der Waals surface area contributed by atoms with Crippen molar-refractivity contribution in [1.29, 1.82) is 0 Å². The van der Waals surface area contributed by atoms with E-state index < -0.39 is 0 Å². The van der Waals surface area contributed by atoms with Crippen LogP contribution in [-0.4, -0.2) is 9.97 Å². The van der Waals surface area contributed by atoms with E-state index in [1.165, 1.54) is 6.07 Å². The van der Waals surface area contributed by atoms with Crippen molar-refractivity contribution in [2.75, 3.05) is 5.32 Å². The topological polar surface area (TPSA) is 50.9 Å². The molecule has 0 spiro atoms. The van der Waals surface area contributed by atoms with E-state index in [0.29, 0.717) is 16.9 Å². The Kier molecular flexibility index (Phi) is 3.76. The molecule has 3 nitrogen and oxygen atoms in total. The lowest BCUT2D eigenvalue weighted by Gasteiger charge is -2.12. The van der Waals surface area contributed by atoms with Crippen LogP contribution in [0.2, 0.25) is 0 Å². The van der Waals surface area contributed by atoms with Crippen LogP contribution in [0, 0.1) is 19.7 Å². The Hall–Kier alpha value is -2.01. The van der Waals surface area contributed by atoms with Gasteiger partial charge in [-0.25, -0.2) is 9.37 Å². The van der Waals surface area contributed by atoms with Gasteiger partial charge in [-0.2, -0.15) is 0 Å². The third-order valence-corrected chi connectivity index (χ3v) is 3.03. The number of hydrogen-bond acceptors (Lipinski definition) is 3. The van der Waals surface area contributed by atoms with E-state index >= 15 is 0 Å². The molecule has 0 unspecified atom stereocenters. The number of pyridine rings is 1. The Morgan fingerprint density at radius 2 is 2.00 bits per heavy atom. The van der Waals surface area contributed by atoms with Crippen molar-refractivity contribution in [2.45, 2.75) is 13.8 Å². The fourth-order valence-corrected chi connectivity index (χ4v) is 2.08. The number of nitrogens with zero attached hydrogens (tertiary/aromatic N) is 1. The summed E-state index contributed by atoms with van der Waals surface area (Å²) in [6.45, 7) is 3.62. The van der Waals surface area contributed by atoms with Gasteiger partial charge >= 0.3 is 0 Å². The summed E-state index contributed by atoms with van der Waals surface area (Å²) in [5.74, 6) is 0.343. The van der Waals surface area contributed by atoms with E-state index in [4.69, 9.17) is 18.0 Å². The highest BCUT2D eigenvalue weighted by Gasteiger charge is 2.10. The Labute approximate surface area is 116 Å². The average Bonchev–Trinajstić information content (AvgIpc) is 2.33. The summed E-state index contributed by atoms with van der Waals surface area (Å²) < 4.78 is 13.2. The molecule has 19 heavy (non-hydrogen) atoms. The Balaban J connectivity index is 2.40. The lowest BCUT2D eigenvalue weighted by atomic mass is 10.1. The summed E-state index contributed by atoms with van der Waals surface area (Å²) in [6, 6.07) is 6.61. The number of hydrogen-bond donors (Lipinski definition) is 2. The number of aryl methyl sites for hydroxylation is 2. The Morgan fingerprint density at radius 3 is 2.63 bits per heavy atom. The number of nitrogens with two attached hydrogens (primary N) is 1. The maximum absolute atomic E-state index is 13.2. The first-order chi connectivity index (χ1) is 8.99. The van der Waals surface area contributed by atoms with Crippen molar-refractivity contribution in [3.8, 4) is 0 Å². The Morgan fingerprint density at radius 1 is 1.26 bits per heavy atom. The number of benzene rings is 1. The fraction of sp³-hybridized carbons (Fsp3) is 0.143. The van der Waals surface area contributed by atoms with Crippen LogP contribution in [0.25, 0.3) is 0 Å². The number of thiocarbonyl (C=S) groups is 1. The fourth-order valence-electron chi connectivity index (χ4n) is 1.82. The molecule has 0 bridgehead atoms. The molecule has 5 heteroatoms. The lowest BCUT2D eigenvalue weighted by molar-refractivity contribution is 0.619. The summed E-state index contributed by atoms with van der Waals surface area (Å²) in [5, 5.41) is 3.12. The molecule has 1 aromatic carbocycles. The molecule has 0 amide bonds. The third-order valence-electron chi connectivity index (χ3n) is 2.83. The molecule has 0 atom stereocenters. The van der Waals surface area contributed by atoms with Gasteiger partial charge in [0.15, 0.2) is 0 Å². The van der Waals surface area contributed by atoms with Crippen molar-refractivity contribution >= 4 is 28.7 Å². The second-order valence-corrected chi connectivity index (χ2v) is 4.74. The molecule has 98 valence electrons. The molecular formula is C14H14FN3S. The van der Waals surface area contributed by atoms with Gasteiger partial charge in [-0.15, -0.1) is 0 Å². The van der Waals surface area contributed by atoms with Gasteiger partial charge < -0.3 is 11.1 Å². The maximum Gasteiger partial charge on any atom is 0.140 e. The first kappa shape index (κ1) is 13.4. The van der Waals surface area contributed by atoms with Crippen LogP contribution in [0.15, 0.2) is 30.5 Å². The van der Waals surface area contributed by atoms with E-state index in [1.54, 1.807) is 25.3 Å². The molecule has 0 saturated heterocycles. The zero-order valence-corrected chi connectivity index (χ0v) is 11.5. The summed E-state index contributed by atoms with van der Waals surface area (Å²) in [7, 11) is 0. The highest BCUT2D eigenvalue weighted by atomic mass is 32.1. The van der Waals surface area contributed by atoms with Gasteiger partial charge in [0.05, 0.1) is 5.56 Å². The van der Waals surface area contributed by atoms with E-state index in [9.17, 15) is 4.39 Å². The molecule has 0 aliphatic carbocycles. The highest BCUT2D eigenvalue weighted by molar-refractivity contribution is 7.80. The minimum atomic E-state index is -0.239. The molecule has 2 rings (SSSR count). The van der Waals surface area contributed by atoms with Crippen LogP contribution in [0.3, 0.4) is 0 Å². The molecule has 0 radical (unpaired) electrons. The largest absolute Gasteiger partial charge is 0.389 e. The first-order valence-corrected chi connectivity index (χ1v) is 6.18. The predicted octanol–water partition coefficient (Wildman–Crippen LogP) is 3.22. The summed E-state index contributed by atoms with van der Waals surface area (Å²) >= 11 is 5.04. The van der Waals surface area contributed by atoms with Crippen LogP contribution >= 0.6 is 12.2 Å². The van der Waals surface area contributed by atoms with Gasteiger partial charge in [0.25, 0.3) is 0 Å². The maximum atomic E-state index is 13.2. The molecule has 0 aliphatic heterocycles. The number of aromatic nitrogens is 1. The predicted molar refractivity (Wildman–Crippen MR) is 79.3 cm³/mol. The van der Waals surface area contributed by atoms with Crippen LogP contribution in [0.4, 0.5) is 15.9 Å². The van der Waals surface area contributed by atoms with E-state index in [0.717, 1.165) is 11.3 Å². The standard InChI is InChI=1S/C14H14FN3S/c1-8-5-6-17-14(12(8)13(16)19)18-10-3-4-11(15)9(2)7-10/h3-7H,1-2H3,(H2,16,19)(H,17,18). The van der Waals surface area contributed by atoms with Gasteiger partial charge in [-0.3, -0.25) is 0 Å². The quantitative estimate of drug-likeness (QED) is 0.845. The van der Waals surface area contributed by atoms with Crippen molar-refractivity contribution in [3.63, 3.8) is 0 Å². The zero-order chi connectivity index (χ0) is 14.0. The van der Waals surface area contributed by atoms with E-state index in [1.807, 2.05) is 13.0 Å². The molecule has 0 saturated carbocycles. The van der Waals surface area contributed by atoms with Crippen LogP contribution < -0.4 is 11.1 Å². The summed E-state index contributed by atoms with van der Waals surface area (Å²) in [4.78, 5) is 4.52. The van der Waals surface area contributed by atoms with Crippen molar-refractivity contribution in [3.05, 3.63) is 53.0 Å². The third kappa shape index (κ3) is 2.88. The second-order valence-electron chi connectivity index (χ2n) is 4.30. The van der Waals surface area contributed by atoms with Crippen LogP contribution in [0.5, 0.6) is 0 Å². The highest BCUT2D eigenvalue weighted by Crippen LogP contribution is 2.22. The summed E-state index contributed by atoms with van der Waals surface area (Å²) in [5.41, 5.74) is 8.68. The van der Waals surface area contributed by atoms with E-state index in [2.05, 4.69) is 10.3 Å². The molecule has 1 heterocycles. The molecule has 0 fully saturated rings. The molecule has 1 aromatic heterocycles. The van der Waals surface area contributed by atoms with Crippen molar-refractivity contribution < 1.29 is 4.39 Å². The Bertz CT molecular complexity index is 641. The summed E-state index contributed by atoms with van der Waals surface area (Å²) in [6.07, 6.45) is 1.68. The van der Waals surface area contributed by atoms with Crippen molar-refractivity contribution in [2.24, 2.45) is 5.73 Å². The molecule has 3 N–H and O–H groups in total. The monoisotopic (exact) mass is 275 g/mol. The molecular weight excluding hydrogens is 261 g/mol. The zero-order valence-electron chi connectivity index (χ0n) is 10.7. The second kappa shape index (κ2) is 5.32. The smallest absolute Gasteiger partial charge is 0.140 e. The number of rotatable bonds is 3. The van der Waals surface area contributed by atoms with Gasteiger partial charge in [-0.05, 0) is 49.2 Å². The number of halogens is 1. The number of anilines is 2. The minimum absolute atomic E-state index is 0.239. The lowest BCUT2D eigenvalue weighted by Crippen LogP contribution is -2.14. The van der Waals surface area contributed by atoms with Gasteiger partial charge in [0, 0.05) is 11.9 Å². The van der Waals surface area contributed by atoms with E-state index in [-0.39, 0.29) is 10.8 Å². The van der Waals surface area contributed by atoms with Crippen LogP contribution in [-0.2, 0) is 0 Å². The van der Waals surface area contributed by atoms with Crippen molar-refractivity contribution in [1.82, 2.24) is 4.98 Å². The van der Waals surface area contributed by atoms with Gasteiger partial charge in [0.2, 0.25) is 0 Å². The van der Waals surface area contributed by atoms with Gasteiger partial charge in [0.1, 0.15) is 16.6 Å². The minimum Gasteiger partial charge on any atom is -0.389 e. The normalized spacial score (nSPS) is 10.3. The van der Waals surface area contributed by atoms with Gasteiger partial charge in [-0.1, -0.05) is 12.2 Å². The number of nitrogens with one attached hydrogen (secondary N) is 1. The van der Waals surface area contributed by atoms with Crippen LogP contribution in [0.1, 0.15) is 16.7 Å². The average molecular weight is 275 g/mol. The SMILES string of the molecule is Cc1cc(Nc2nccc(C)c2C(N)=S)ccc1F.